The van der Waals surface area contributed by atoms with Gasteiger partial charge in [0, 0.05) is 11.6 Å². The summed E-state index contributed by atoms with van der Waals surface area (Å²) in [7, 11) is 0. The van der Waals surface area contributed by atoms with Gasteiger partial charge in [0.15, 0.2) is 12.4 Å². The molecule has 0 aliphatic heterocycles. The van der Waals surface area contributed by atoms with E-state index >= 15 is 0 Å². The van der Waals surface area contributed by atoms with Crippen LogP contribution >= 0.6 is 0 Å². The van der Waals surface area contributed by atoms with Crippen LogP contribution in [0.15, 0.2) is 29.4 Å². The van der Waals surface area contributed by atoms with E-state index in [1.807, 2.05) is 0 Å². The fraction of sp³-hybridized carbons (Fsp3) is 0.333. The standard InChI is InChI=1S/C12H14FN3O2/c13-9-3-1-8(2-4-9)12(14)16-18-7-11(17)15-10-5-6-10/h1-4,10H,5-7H2,(H2,14,16)(H,15,17). The van der Waals surface area contributed by atoms with Gasteiger partial charge in [-0.05, 0) is 37.1 Å². The Morgan fingerprint density at radius 2 is 2.11 bits per heavy atom. The number of nitrogens with one attached hydrogen (secondary N) is 1. The van der Waals surface area contributed by atoms with Crippen LogP contribution in [-0.2, 0) is 9.63 Å². The summed E-state index contributed by atoms with van der Waals surface area (Å²) in [5, 5.41) is 6.35. The number of rotatable bonds is 5. The maximum atomic E-state index is 12.7. The number of nitrogens with zero attached hydrogens (tertiary/aromatic N) is 1. The SMILES string of the molecule is NC(=NOCC(=O)NC1CC1)c1ccc(F)cc1. The van der Waals surface area contributed by atoms with E-state index in [4.69, 9.17) is 10.6 Å². The minimum absolute atomic E-state index is 0.106. The third-order valence-corrected chi connectivity index (χ3v) is 2.44. The number of benzene rings is 1. The smallest absolute Gasteiger partial charge is 0.260 e. The van der Waals surface area contributed by atoms with Crippen LogP contribution in [0.2, 0.25) is 0 Å². The molecule has 0 atom stereocenters. The summed E-state index contributed by atoms with van der Waals surface area (Å²) in [6.07, 6.45) is 2.04. The van der Waals surface area contributed by atoms with Gasteiger partial charge in [-0.3, -0.25) is 4.79 Å². The number of halogens is 1. The van der Waals surface area contributed by atoms with Crippen molar-refractivity contribution < 1.29 is 14.0 Å². The highest BCUT2D eigenvalue weighted by atomic mass is 19.1. The van der Waals surface area contributed by atoms with Gasteiger partial charge >= 0.3 is 0 Å². The molecular weight excluding hydrogens is 237 g/mol. The number of carbonyl (C=O) groups excluding carboxylic acids is 1. The van der Waals surface area contributed by atoms with Crippen molar-refractivity contribution in [3.05, 3.63) is 35.6 Å². The van der Waals surface area contributed by atoms with Crippen LogP contribution in [0.3, 0.4) is 0 Å². The molecular formula is C12H14FN3O2. The second-order valence-corrected chi connectivity index (χ2v) is 4.10. The average molecular weight is 251 g/mol. The van der Waals surface area contributed by atoms with Crippen molar-refractivity contribution in [2.75, 3.05) is 6.61 Å². The molecule has 1 fully saturated rings. The van der Waals surface area contributed by atoms with Gasteiger partial charge in [0.2, 0.25) is 0 Å². The molecule has 1 aliphatic carbocycles. The highest BCUT2D eigenvalue weighted by molar-refractivity contribution is 5.97. The third-order valence-electron chi connectivity index (χ3n) is 2.44. The number of hydrogen-bond acceptors (Lipinski definition) is 3. The molecule has 0 bridgehead atoms. The van der Waals surface area contributed by atoms with Crippen LogP contribution in [0.25, 0.3) is 0 Å². The van der Waals surface area contributed by atoms with Gasteiger partial charge in [-0.25, -0.2) is 4.39 Å². The largest absolute Gasteiger partial charge is 0.384 e. The van der Waals surface area contributed by atoms with E-state index in [0.29, 0.717) is 11.6 Å². The Morgan fingerprint density at radius 3 is 2.72 bits per heavy atom. The molecule has 0 unspecified atom stereocenters. The lowest BCUT2D eigenvalue weighted by Gasteiger charge is -2.03. The van der Waals surface area contributed by atoms with Gasteiger partial charge in [-0.1, -0.05) is 5.16 Å². The Morgan fingerprint density at radius 1 is 1.44 bits per heavy atom. The summed E-state index contributed by atoms with van der Waals surface area (Å²) < 4.78 is 12.7. The van der Waals surface area contributed by atoms with Crippen molar-refractivity contribution >= 4 is 11.7 Å². The van der Waals surface area contributed by atoms with Crippen molar-refractivity contribution in [2.24, 2.45) is 10.9 Å². The fourth-order valence-electron chi connectivity index (χ4n) is 1.33. The molecule has 2 rings (SSSR count). The zero-order valence-corrected chi connectivity index (χ0v) is 9.73. The maximum Gasteiger partial charge on any atom is 0.260 e. The lowest BCUT2D eigenvalue weighted by atomic mass is 10.2. The molecule has 0 saturated heterocycles. The molecule has 96 valence electrons. The first-order chi connectivity index (χ1) is 8.65. The fourth-order valence-corrected chi connectivity index (χ4v) is 1.33. The van der Waals surface area contributed by atoms with E-state index in [0.717, 1.165) is 12.8 Å². The van der Waals surface area contributed by atoms with Crippen LogP contribution in [0.5, 0.6) is 0 Å². The van der Waals surface area contributed by atoms with Crippen molar-refractivity contribution in [1.29, 1.82) is 0 Å². The molecule has 0 heterocycles. The first-order valence-electron chi connectivity index (χ1n) is 5.66. The van der Waals surface area contributed by atoms with E-state index in [1.54, 1.807) is 0 Å². The predicted octanol–water partition coefficient (Wildman–Crippen LogP) is 0.741. The second-order valence-electron chi connectivity index (χ2n) is 4.10. The molecule has 0 spiro atoms. The second kappa shape index (κ2) is 5.48. The molecule has 18 heavy (non-hydrogen) atoms. The molecule has 3 N–H and O–H groups in total. The van der Waals surface area contributed by atoms with Gasteiger partial charge in [0.05, 0.1) is 0 Å². The average Bonchev–Trinajstić information content (AvgIpc) is 3.13. The number of amides is 1. The van der Waals surface area contributed by atoms with Crippen LogP contribution in [0.4, 0.5) is 4.39 Å². The third kappa shape index (κ3) is 3.73. The molecule has 1 amide bonds. The van der Waals surface area contributed by atoms with Crippen LogP contribution in [0, 0.1) is 5.82 Å². The highest BCUT2D eigenvalue weighted by Gasteiger charge is 2.23. The summed E-state index contributed by atoms with van der Waals surface area (Å²) >= 11 is 0. The Kier molecular flexibility index (Phi) is 3.76. The molecule has 1 aromatic rings. The molecule has 6 heteroatoms. The van der Waals surface area contributed by atoms with E-state index < -0.39 is 0 Å². The van der Waals surface area contributed by atoms with E-state index in [1.165, 1.54) is 24.3 Å². The van der Waals surface area contributed by atoms with Crippen molar-refractivity contribution in [2.45, 2.75) is 18.9 Å². The van der Waals surface area contributed by atoms with Gasteiger partial charge in [0.1, 0.15) is 5.82 Å². The Balaban J connectivity index is 1.80. The Hall–Kier alpha value is -2.11. The normalized spacial score (nSPS) is 15.3. The predicted molar refractivity (Wildman–Crippen MR) is 64.2 cm³/mol. The Labute approximate surface area is 104 Å². The maximum absolute atomic E-state index is 12.7. The van der Waals surface area contributed by atoms with Crippen LogP contribution in [0.1, 0.15) is 18.4 Å². The molecule has 1 saturated carbocycles. The zero-order valence-electron chi connectivity index (χ0n) is 9.73. The quantitative estimate of drug-likeness (QED) is 0.460. The van der Waals surface area contributed by atoms with E-state index in [-0.39, 0.29) is 24.2 Å². The summed E-state index contributed by atoms with van der Waals surface area (Å²) in [6, 6.07) is 5.82. The first-order valence-corrected chi connectivity index (χ1v) is 5.66. The molecule has 1 aliphatic rings. The minimum atomic E-state index is -0.351. The molecule has 1 aromatic carbocycles. The van der Waals surface area contributed by atoms with E-state index in [2.05, 4.69) is 10.5 Å². The summed E-state index contributed by atoms with van der Waals surface area (Å²) in [5.41, 5.74) is 6.16. The van der Waals surface area contributed by atoms with Crippen molar-refractivity contribution in [3.8, 4) is 0 Å². The summed E-state index contributed by atoms with van der Waals surface area (Å²) in [4.78, 5) is 16.1. The number of carbonyl (C=O) groups is 1. The van der Waals surface area contributed by atoms with Gasteiger partial charge in [0.25, 0.3) is 5.91 Å². The summed E-state index contributed by atoms with van der Waals surface area (Å²) in [5.74, 6) is -0.460. The number of nitrogens with two attached hydrogens (primary N) is 1. The zero-order chi connectivity index (χ0) is 13.0. The number of hydrogen-bond donors (Lipinski definition) is 2. The van der Waals surface area contributed by atoms with Crippen molar-refractivity contribution in [1.82, 2.24) is 5.32 Å². The monoisotopic (exact) mass is 251 g/mol. The topological polar surface area (TPSA) is 76.7 Å². The van der Waals surface area contributed by atoms with Gasteiger partial charge in [-0.15, -0.1) is 0 Å². The lowest BCUT2D eigenvalue weighted by Crippen LogP contribution is -2.29. The molecule has 5 nitrogen and oxygen atoms in total. The van der Waals surface area contributed by atoms with Crippen LogP contribution < -0.4 is 11.1 Å². The van der Waals surface area contributed by atoms with E-state index in [9.17, 15) is 9.18 Å². The van der Waals surface area contributed by atoms with Gasteiger partial charge < -0.3 is 15.9 Å². The summed E-state index contributed by atoms with van der Waals surface area (Å²) in [6.45, 7) is -0.168. The first kappa shape index (κ1) is 12.3. The van der Waals surface area contributed by atoms with Crippen LogP contribution in [-0.4, -0.2) is 24.4 Å². The molecule has 0 aromatic heterocycles. The van der Waals surface area contributed by atoms with Crippen molar-refractivity contribution in [3.63, 3.8) is 0 Å². The molecule has 0 radical (unpaired) electrons. The lowest BCUT2D eigenvalue weighted by molar-refractivity contribution is -0.125. The number of amidine groups is 1. The minimum Gasteiger partial charge on any atom is -0.384 e. The highest BCUT2D eigenvalue weighted by Crippen LogP contribution is 2.18. The Bertz CT molecular complexity index is 455. The number of oxime groups is 1. The van der Waals surface area contributed by atoms with Gasteiger partial charge in [-0.2, -0.15) is 0 Å².